The molecule has 1 rings (SSSR count). The molecule has 78 valence electrons. The molecule has 1 fully saturated rings. The molecule has 2 amide bonds. The standard InChI is InChI=1S/C7H10N2O4S/c1-3(6(11)12)8-5(10)4-2-14-7(13)9-4/h3-4H,2H2,1H3,(H,8,10)(H,9,13)(H,11,12)/t3-,4?/m1/s1. The summed E-state index contributed by atoms with van der Waals surface area (Å²) in [5.41, 5.74) is 0. The number of carbonyl (C=O) groups excluding carboxylic acids is 2. The number of hydrogen-bond donors (Lipinski definition) is 3. The predicted octanol–water partition coefficient (Wildman–Crippen LogP) is -0.599. The van der Waals surface area contributed by atoms with Gasteiger partial charge in [0.2, 0.25) is 5.91 Å². The van der Waals surface area contributed by atoms with Gasteiger partial charge in [-0.25, -0.2) is 0 Å². The summed E-state index contributed by atoms with van der Waals surface area (Å²) in [5, 5.41) is 13.0. The summed E-state index contributed by atoms with van der Waals surface area (Å²) in [6.07, 6.45) is 0. The molecule has 0 aromatic carbocycles. The number of rotatable bonds is 3. The Morgan fingerprint density at radius 2 is 2.36 bits per heavy atom. The molecule has 1 aliphatic rings. The summed E-state index contributed by atoms with van der Waals surface area (Å²) in [7, 11) is 0. The summed E-state index contributed by atoms with van der Waals surface area (Å²) >= 11 is 1.01. The second-order valence-corrected chi connectivity index (χ2v) is 3.86. The molecule has 1 saturated heterocycles. The number of carboxylic acids is 1. The first-order valence-electron chi connectivity index (χ1n) is 3.97. The van der Waals surface area contributed by atoms with E-state index in [2.05, 4.69) is 10.6 Å². The predicted molar refractivity (Wildman–Crippen MR) is 50.0 cm³/mol. The van der Waals surface area contributed by atoms with Crippen molar-refractivity contribution in [3.63, 3.8) is 0 Å². The van der Waals surface area contributed by atoms with E-state index < -0.39 is 24.0 Å². The fourth-order valence-electron chi connectivity index (χ4n) is 0.902. The van der Waals surface area contributed by atoms with Crippen molar-refractivity contribution in [1.82, 2.24) is 10.6 Å². The van der Waals surface area contributed by atoms with Crippen LogP contribution >= 0.6 is 11.8 Å². The van der Waals surface area contributed by atoms with Crippen LogP contribution in [0.3, 0.4) is 0 Å². The van der Waals surface area contributed by atoms with E-state index in [4.69, 9.17) is 5.11 Å². The van der Waals surface area contributed by atoms with E-state index in [0.717, 1.165) is 11.8 Å². The van der Waals surface area contributed by atoms with E-state index in [-0.39, 0.29) is 5.24 Å². The SMILES string of the molecule is C[C@@H](NC(=O)C1CSC(=O)N1)C(=O)O. The Hall–Kier alpha value is -1.24. The molecule has 2 atom stereocenters. The Labute approximate surface area is 84.4 Å². The number of thioether (sulfide) groups is 1. The monoisotopic (exact) mass is 218 g/mol. The van der Waals surface area contributed by atoms with E-state index in [1.165, 1.54) is 6.92 Å². The molecular weight excluding hydrogens is 208 g/mol. The molecule has 0 bridgehead atoms. The Kier molecular flexibility index (Phi) is 3.34. The van der Waals surface area contributed by atoms with Gasteiger partial charge < -0.3 is 15.7 Å². The Bertz CT molecular complexity index is 281. The first-order valence-corrected chi connectivity index (χ1v) is 4.95. The van der Waals surface area contributed by atoms with Gasteiger partial charge in [-0.2, -0.15) is 0 Å². The zero-order valence-electron chi connectivity index (χ0n) is 7.44. The number of amides is 2. The highest BCUT2D eigenvalue weighted by molar-refractivity contribution is 8.14. The van der Waals surface area contributed by atoms with Crippen LogP contribution in [0, 0.1) is 0 Å². The fourth-order valence-corrected chi connectivity index (χ4v) is 1.68. The van der Waals surface area contributed by atoms with Crippen molar-refractivity contribution in [2.45, 2.75) is 19.0 Å². The van der Waals surface area contributed by atoms with Crippen LogP contribution in [0.2, 0.25) is 0 Å². The van der Waals surface area contributed by atoms with Crippen LogP contribution in [-0.4, -0.2) is 40.1 Å². The fraction of sp³-hybridized carbons (Fsp3) is 0.571. The molecule has 1 aliphatic heterocycles. The highest BCUT2D eigenvalue weighted by Crippen LogP contribution is 2.12. The van der Waals surface area contributed by atoms with Crippen LogP contribution in [0.4, 0.5) is 4.79 Å². The maximum Gasteiger partial charge on any atom is 0.325 e. The minimum atomic E-state index is -1.10. The van der Waals surface area contributed by atoms with Crippen molar-refractivity contribution < 1.29 is 19.5 Å². The molecule has 0 saturated carbocycles. The lowest BCUT2D eigenvalue weighted by Gasteiger charge is -2.12. The van der Waals surface area contributed by atoms with Gasteiger partial charge in [0.1, 0.15) is 12.1 Å². The molecule has 7 heteroatoms. The van der Waals surface area contributed by atoms with Crippen molar-refractivity contribution in [2.24, 2.45) is 0 Å². The maximum atomic E-state index is 11.3. The van der Waals surface area contributed by atoms with Gasteiger partial charge in [-0.1, -0.05) is 11.8 Å². The van der Waals surface area contributed by atoms with Crippen LogP contribution in [0.1, 0.15) is 6.92 Å². The van der Waals surface area contributed by atoms with Gasteiger partial charge >= 0.3 is 5.97 Å². The zero-order valence-corrected chi connectivity index (χ0v) is 8.26. The maximum absolute atomic E-state index is 11.3. The van der Waals surface area contributed by atoms with Gasteiger partial charge in [-0.3, -0.25) is 14.4 Å². The third-order valence-corrected chi connectivity index (χ3v) is 2.60. The topological polar surface area (TPSA) is 95.5 Å². The van der Waals surface area contributed by atoms with Gasteiger partial charge in [0.05, 0.1) is 0 Å². The third-order valence-electron chi connectivity index (χ3n) is 1.72. The molecule has 0 radical (unpaired) electrons. The average molecular weight is 218 g/mol. The normalized spacial score (nSPS) is 22.6. The summed E-state index contributed by atoms with van der Waals surface area (Å²) in [5.74, 6) is -1.22. The van der Waals surface area contributed by atoms with E-state index >= 15 is 0 Å². The van der Waals surface area contributed by atoms with Crippen LogP contribution in [-0.2, 0) is 9.59 Å². The second kappa shape index (κ2) is 4.32. The lowest BCUT2D eigenvalue weighted by Crippen LogP contribution is -2.48. The van der Waals surface area contributed by atoms with Crippen molar-refractivity contribution in [3.05, 3.63) is 0 Å². The lowest BCUT2D eigenvalue weighted by molar-refractivity contribution is -0.141. The van der Waals surface area contributed by atoms with E-state index in [0.29, 0.717) is 5.75 Å². The molecule has 0 aliphatic carbocycles. The molecule has 1 heterocycles. The van der Waals surface area contributed by atoms with Gasteiger partial charge in [0.15, 0.2) is 0 Å². The second-order valence-electron chi connectivity index (χ2n) is 2.86. The van der Waals surface area contributed by atoms with Crippen LogP contribution in [0.15, 0.2) is 0 Å². The Morgan fingerprint density at radius 1 is 1.71 bits per heavy atom. The molecular formula is C7H10N2O4S. The lowest BCUT2D eigenvalue weighted by atomic mass is 10.2. The van der Waals surface area contributed by atoms with E-state index in [1.807, 2.05) is 0 Å². The van der Waals surface area contributed by atoms with Crippen molar-refractivity contribution >= 4 is 28.9 Å². The third kappa shape index (κ3) is 2.63. The molecule has 14 heavy (non-hydrogen) atoms. The van der Waals surface area contributed by atoms with Gasteiger partial charge in [0, 0.05) is 5.75 Å². The molecule has 3 N–H and O–H groups in total. The number of nitrogens with one attached hydrogen (secondary N) is 2. The Balaban J connectivity index is 2.42. The quantitative estimate of drug-likeness (QED) is 0.588. The molecule has 1 unspecified atom stereocenters. The average Bonchev–Trinajstić information content (AvgIpc) is 2.51. The summed E-state index contributed by atoms with van der Waals surface area (Å²) in [6.45, 7) is 1.37. The van der Waals surface area contributed by atoms with Crippen LogP contribution in [0.25, 0.3) is 0 Å². The van der Waals surface area contributed by atoms with Crippen LogP contribution < -0.4 is 10.6 Å². The molecule has 0 aromatic rings. The summed E-state index contributed by atoms with van der Waals surface area (Å²) in [6, 6.07) is -1.56. The first-order chi connectivity index (χ1) is 6.50. The van der Waals surface area contributed by atoms with Gasteiger partial charge in [-0.05, 0) is 6.92 Å². The smallest absolute Gasteiger partial charge is 0.325 e. The van der Waals surface area contributed by atoms with Gasteiger partial charge in [-0.15, -0.1) is 0 Å². The summed E-state index contributed by atoms with van der Waals surface area (Å²) in [4.78, 5) is 32.4. The minimum Gasteiger partial charge on any atom is -0.480 e. The highest BCUT2D eigenvalue weighted by Gasteiger charge is 2.29. The summed E-state index contributed by atoms with van der Waals surface area (Å²) < 4.78 is 0. The largest absolute Gasteiger partial charge is 0.480 e. The molecule has 0 aromatic heterocycles. The number of hydrogen-bond acceptors (Lipinski definition) is 4. The van der Waals surface area contributed by atoms with Crippen molar-refractivity contribution in [1.29, 1.82) is 0 Å². The minimum absolute atomic E-state index is 0.256. The van der Waals surface area contributed by atoms with Crippen LogP contribution in [0.5, 0.6) is 0 Å². The van der Waals surface area contributed by atoms with Crippen molar-refractivity contribution in [2.75, 3.05) is 5.75 Å². The number of carbonyl (C=O) groups is 3. The molecule has 6 nitrogen and oxygen atoms in total. The highest BCUT2D eigenvalue weighted by atomic mass is 32.2. The first kappa shape index (κ1) is 10.8. The van der Waals surface area contributed by atoms with E-state index in [9.17, 15) is 14.4 Å². The van der Waals surface area contributed by atoms with Crippen molar-refractivity contribution in [3.8, 4) is 0 Å². The van der Waals surface area contributed by atoms with Gasteiger partial charge in [0.25, 0.3) is 5.24 Å². The number of aliphatic carboxylic acids is 1. The van der Waals surface area contributed by atoms with E-state index in [1.54, 1.807) is 0 Å². The number of carboxylic acid groups (broad SMARTS) is 1. The zero-order chi connectivity index (χ0) is 10.7. The molecule has 0 spiro atoms. The Morgan fingerprint density at radius 3 is 2.79 bits per heavy atom.